The van der Waals surface area contributed by atoms with Crippen LogP contribution in [0.25, 0.3) is 22.7 Å². The molecule has 0 saturated heterocycles. The number of nitrogens with zero attached hydrogens (tertiary/aromatic N) is 5. The second-order valence-electron chi connectivity index (χ2n) is 8.46. The summed E-state index contributed by atoms with van der Waals surface area (Å²) in [6.45, 7) is 0.188. The first-order valence-electron chi connectivity index (χ1n) is 10.9. The number of aryl methyl sites for hydroxylation is 1. The first-order chi connectivity index (χ1) is 16.3. The van der Waals surface area contributed by atoms with Gasteiger partial charge in [0.1, 0.15) is 11.2 Å². The summed E-state index contributed by atoms with van der Waals surface area (Å²) in [5, 5.41) is 9.25. The van der Waals surface area contributed by atoms with E-state index in [9.17, 15) is 23.1 Å². The van der Waals surface area contributed by atoms with Gasteiger partial charge in [-0.05, 0) is 54.2 Å². The van der Waals surface area contributed by atoms with Crippen molar-refractivity contribution in [1.29, 1.82) is 0 Å². The summed E-state index contributed by atoms with van der Waals surface area (Å²) in [6.07, 6.45) is 3.21. The molecule has 1 aliphatic carbocycles. The second kappa shape index (κ2) is 8.51. The van der Waals surface area contributed by atoms with Gasteiger partial charge in [0.15, 0.2) is 11.5 Å². The van der Waals surface area contributed by atoms with Crippen molar-refractivity contribution < 1.29 is 23.1 Å². The lowest BCUT2D eigenvalue weighted by Gasteiger charge is -2.11. The van der Waals surface area contributed by atoms with Crippen LogP contribution >= 0.6 is 0 Å². The van der Waals surface area contributed by atoms with Crippen molar-refractivity contribution in [3.05, 3.63) is 71.3 Å². The maximum absolute atomic E-state index is 13.0. The van der Waals surface area contributed by atoms with Crippen LogP contribution < -0.4 is 0 Å². The Morgan fingerprint density at radius 1 is 1.06 bits per heavy atom. The normalized spacial score (nSPS) is 14.0. The van der Waals surface area contributed by atoms with Gasteiger partial charge in [-0.2, -0.15) is 13.2 Å². The summed E-state index contributed by atoms with van der Waals surface area (Å²) in [5.41, 5.74) is 2.22. The number of imidazole rings is 1. The maximum atomic E-state index is 13.0. The summed E-state index contributed by atoms with van der Waals surface area (Å²) in [5.74, 6) is -0.434. The minimum absolute atomic E-state index is 0.180. The third-order valence-corrected chi connectivity index (χ3v) is 5.91. The molecule has 5 rings (SSSR count). The van der Waals surface area contributed by atoms with Gasteiger partial charge in [-0.3, -0.25) is 4.98 Å². The van der Waals surface area contributed by atoms with Gasteiger partial charge in [0.2, 0.25) is 5.82 Å². The Morgan fingerprint density at radius 3 is 2.50 bits per heavy atom. The average Bonchev–Trinajstić information content (AvgIpc) is 3.58. The topological polar surface area (TPSA) is 93.8 Å². The van der Waals surface area contributed by atoms with E-state index in [1.54, 1.807) is 10.8 Å². The quantitative estimate of drug-likeness (QED) is 0.411. The summed E-state index contributed by atoms with van der Waals surface area (Å²) in [6, 6.07) is 8.78. The SMILES string of the molecule is O=C(O)c1ncc2c(n1)nc(-c1cc(CCC3CC3)ccn1)n2Cc1ccc(C(F)(F)F)cc1. The number of aromatic nitrogens is 5. The second-order valence-corrected chi connectivity index (χ2v) is 8.46. The first kappa shape index (κ1) is 22.0. The summed E-state index contributed by atoms with van der Waals surface area (Å²) >= 11 is 0. The van der Waals surface area contributed by atoms with E-state index in [1.807, 2.05) is 12.1 Å². The van der Waals surface area contributed by atoms with E-state index in [0.29, 0.717) is 22.6 Å². The number of carboxylic acid groups (broad SMARTS) is 1. The smallest absolute Gasteiger partial charge is 0.416 e. The van der Waals surface area contributed by atoms with Crippen LogP contribution in [-0.2, 0) is 19.1 Å². The Bertz CT molecular complexity index is 1360. The van der Waals surface area contributed by atoms with Crippen LogP contribution in [0.5, 0.6) is 0 Å². The van der Waals surface area contributed by atoms with Gasteiger partial charge < -0.3 is 9.67 Å². The van der Waals surface area contributed by atoms with Gasteiger partial charge >= 0.3 is 12.1 Å². The van der Waals surface area contributed by atoms with Crippen LogP contribution in [-0.4, -0.2) is 35.6 Å². The van der Waals surface area contributed by atoms with Crippen molar-refractivity contribution in [1.82, 2.24) is 24.5 Å². The van der Waals surface area contributed by atoms with Gasteiger partial charge in [-0.1, -0.05) is 25.0 Å². The molecule has 0 bridgehead atoms. The molecule has 1 saturated carbocycles. The molecule has 4 aromatic rings. The molecule has 10 heteroatoms. The highest BCUT2D eigenvalue weighted by molar-refractivity contribution is 5.86. The Hall–Kier alpha value is -3.82. The Morgan fingerprint density at radius 2 is 1.82 bits per heavy atom. The molecule has 0 spiro atoms. The van der Waals surface area contributed by atoms with Gasteiger partial charge in [-0.15, -0.1) is 0 Å². The van der Waals surface area contributed by atoms with Crippen LogP contribution in [0, 0.1) is 5.92 Å². The lowest BCUT2D eigenvalue weighted by Crippen LogP contribution is -2.07. The number of carboxylic acids is 1. The van der Waals surface area contributed by atoms with Crippen LogP contribution in [0.3, 0.4) is 0 Å². The molecule has 1 aromatic carbocycles. The Balaban J connectivity index is 1.55. The molecule has 0 radical (unpaired) electrons. The monoisotopic (exact) mass is 467 g/mol. The van der Waals surface area contributed by atoms with Crippen LogP contribution in [0.2, 0.25) is 0 Å². The molecule has 0 aliphatic heterocycles. The van der Waals surface area contributed by atoms with Crippen molar-refractivity contribution >= 4 is 17.1 Å². The highest BCUT2D eigenvalue weighted by atomic mass is 19.4. The predicted molar refractivity (Wildman–Crippen MR) is 117 cm³/mol. The summed E-state index contributed by atoms with van der Waals surface area (Å²) < 4.78 is 40.6. The molecule has 174 valence electrons. The fourth-order valence-electron chi connectivity index (χ4n) is 3.88. The fraction of sp³-hybridized carbons (Fsp3) is 0.292. The van der Waals surface area contributed by atoms with Gasteiger partial charge in [0.05, 0.1) is 11.8 Å². The number of hydrogen-bond donors (Lipinski definition) is 1. The highest BCUT2D eigenvalue weighted by Gasteiger charge is 2.30. The molecular formula is C24H20F3N5O2. The number of rotatable bonds is 7. The minimum atomic E-state index is -4.42. The molecule has 0 unspecified atom stereocenters. The zero-order chi connectivity index (χ0) is 23.9. The first-order valence-corrected chi connectivity index (χ1v) is 10.9. The van der Waals surface area contributed by atoms with E-state index in [0.717, 1.165) is 36.5 Å². The van der Waals surface area contributed by atoms with Crippen LogP contribution in [0.4, 0.5) is 13.2 Å². The average molecular weight is 467 g/mol. The van der Waals surface area contributed by atoms with E-state index in [1.165, 1.54) is 31.2 Å². The fourth-order valence-corrected chi connectivity index (χ4v) is 3.88. The number of carbonyl (C=O) groups is 1. The molecule has 0 amide bonds. The van der Waals surface area contributed by atoms with E-state index in [4.69, 9.17) is 0 Å². The van der Waals surface area contributed by atoms with E-state index in [-0.39, 0.29) is 18.0 Å². The van der Waals surface area contributed by atoms with Crippen molar-refractivity contribution in [3.63, 3.8) is 0 Å². The molecule has 34 heavy (non-hydrogen) atoms. The maximum Gasteiger partial charge on any atom is 0.416 e. The highest BCUT2D eigenvalue weighted by Crippen LogP contribution is 2.34. The predicted octanol–water partition coefficient (Wildman–Crippen LogP) is 5.00. The van der Waals surface area contributed by atoms with Crippen molar-refractivity contribution in [2.24, 2.45) is 5.92 Å². The largest absolute Gasteiger partial charge is 0.475 e. The summed E-state index contributed by atoms with van der Waals surface area (Å²) in [7, 11) is 0. The number of halogens is 3. The molecule has 1 fully saturated rings. The van der Waals surface area contributed by atoms with E-state index >= 15 is 0 Å². The number of pyridine rings is 1. The van der Waals surface area contributed by atoms with E-state index in [2.05, 4.69) is 19.9 Å². The molecule has 3 aromatic heterocycles. The third kappa shape index (κ3) is 4.61. The number of alkyl halides is 3. The molecule has 7 nitrogen and oxygen atoms in total. The standard InChI is InChI=1S/C24H20F3N5O2/c25-24(26,27)17-7-5-16(6-8-17)13-32-19-12-29-21(23(33)34)30-20(19)31-22(32)18-11-15(9-10-28-18)4-3-14-1-2-14/h5-12,14H,1-4,13H2,(H,33,34). The lowest BCUT2D eigenvalue weighted by molar-refractivity contribution is -0.137. The third-order valence-electron chi connectivity index (χ3n) is 5.91. The minimum Gasteiger partial charge on any atom is -0.475 e. The van der Waals surface area contributed by atoms with Crippen LogP contribution in [0.1, 0.15) is 46.6 Å². The molecule has 3 heterocycles. The number of aromatic carboxylic acids is 1. The van der Waals surface area contributed by atoms with Gasteiger partial charge in [0, 0.05) is 12.7 Å². The number of hydrogen-bond acceptors (Lipinski definition) is 5. The Labute approximate surface area is 192 Å². The van der Waals surface area contributed by atoms with Crippen molar-refractivity contribution in [2.75, 3.05) is 0 Å². The summed E-state index contributed by atoms with van der Waals surface area (Å²) in [4.78, 5) is 28.2. The van der Waals surface area contributed by atoms with Gasteiger partial charge in [0.25, 0.3) is 0 Å². The lowest BCUT2D eigenvalue weighted by atomic mass is 10.1. The molecule has 0 atom stereocenters. The molecular weight excluding hydrogens is 447 g/mol. The van der Waals surface area contributed by atoms with Crippen molar-refractivity contribution in [3.8, 4) is 11.5 Å². The van der Waals surface area contributed by atoms with Gasteiger partial charge in [-0.25, -0.2) is 19.7 Å². The molecule has 1 N–H and O–H groups in total. The number of benzene rings is 1. The zero-order valence-corrected chi connectivity index (χ0v) is 18.0. The number of fused-ring (bicyclic) bond motifs is 1. The molecule has 1 aliphatic rings. The van der Waals surface area contributed by atoms with Crippen LogP contribution in [0.15, 0.2) is 48.8 Å². The van der Waals surface area contributed by atoms with Crippen molar-refractivity contribution in [2.45, 2.75) is 38.4 Å². The van der Waals surface area contributed by atoms with E-state index < -0.39 is 17.7 Å². The zero-order valence-electron chi connectivity index (χ0n) is 18.0. The Kier molecular flexibility index (Phi) is 5.51.